The quantitative estimate of drug-likeness (QED) is 0.837. The van der Waals surface area contributed by atoms with Crippen molar-refractivity contribution in [2.24, 2.45) is 0 Å². The summed E-state index contributed by atoms with van der Waals surface area (Å²) < 4.78 is 6.77. The zero-order valence-corrected chi connectivity index (χ0v) is 13.9. The maximum absolute atomic E-state index is 10.0. The second-order valence-corrected chi connectivity index (χ2v) is 5.85. The van der Waals surface area contributed by atoms with Crippen molar-refractivity contribution in [2.45, 2.75) is 19.6 Å². The summed E-state index contributed by atoms with van der Waals surface area (Å²) in [6, 6.07) is 13.9. The average Bonchev–Trinajstić information content (AvgIpc) is 2.47. The van der Waals surface area contributed by atoms with Crippen LogP contribution in [0.3, 0.4) is 0 Å². The lowest BCUT2D eigenvalue weighted by Gasteiger charge is -2.16. The summed E-state index contributed by atoms with van der Waals surface area (Å²) in [4.78, 5) is 0. The number of aliphatic hydroxyl groups excluding tert-OH is 1. The fourth-order valence-electron chi connectivity index (χ4n) is 2.17. The Hall–Kier alpha value is -1.36. The van der Waals surface area contributed by atoms with E-state index >= 15 is 0 Å². The Morgan fingerprint density at radius 1 is 1.24 bits per heavy atom. The van der Waals surface area contributed by atoms with E-state index in [2.05, 4.69) is 21.2 Å². The van der Waals surface area contributed by atoms with Crippen LogP contribution in [-0.4, -0.2) is 18.7 Å². The molecular weight excluding hydrogens is 330 g/mol. The molecule has 4 heteroatoms. The highest BCUT2D eigenvalue weighted by atomic mass is 79.9. The molecule has 21 heavy (non-hydrogen) atoms. The summed E-state index contributed by atoms with van der Waals surface area (Å²) in [5.41, 5.74) is 3.01. The summed E-state index contributed by atoms with van der Waals surface area (Å²) >= 11 is 3.53. The number of halogens is 1. The zero-order chi connectivity index (χ0) is 15.2. The Kier molecular flexibility index (Phi) is 5.79. The minimum atomic E-state index is -0.520. The van der Waals surface area contributed by atoms with Crippen LogP contribution in [0.5, 0.6) is 5.75 Å². The van der Waals surface area contributed by atoms with Crippen molar-refractivity contribution in [3.8, 4) is 5.75 Å². The smallest absolute Gasteiger partial charge is 0.136 e. The fraction of sp³-hybridized carbons (Fsp3) is 0.294. The number of benzene rings is 2. The van der Waals surface area contributed by atoms with Crippen LogP contribution in [0.25, 0.3) is 0 Å². The first-order chi connectivity index (χ1) is 10.1. The van der Waals surface area contributed by atoms with Crippen LogP contribution in [-0.2, 0) is 6.61 Å². The van der Waals surface area contributed by atoms with E-state index in [4.69, 9.17) is 4.74 Å². The molecule has 0 amide bonds. The first kappa shape index (κ1) is 16.0. The van der Waals surface area contributed by atoms with Crippen LogP contribution in [0.2, 0.25) is 0 Å². The molecule has 0 aliphatic heterocycles. The van der Waals surface area contributed by atoms with Crippen LogP contribution in [0.1, 0.15) is 22.8 Å². The molecule has 0 aromatic heterocycles. The monoisotopic (exact) mass is 349 g/mol. The van der Waals surface area contributed by atoms with Gasteiger partial charge in [0.1, 0.15) is 12.4 Å². The number of rotatable bonds is 6. The summed E-state index contributed by atoms with van der Waals surface area (Å²) in [5, 5.41) is 13.0. The average molecular weight is 350 g/mol. The van der Waals surface area contributed by atoms with E-state index in [1.54, 1.807) is 0 Å². The van der Waals surface area contributed by atoms with E-state index in [1.807, 2.05) is 56.4 Å². The number of likely N-dealkylation sites (N-methyl/N-ethyl adjacent to an activating group) is 1. The third-order valence-electron chi connectivity index (χ3n) is 3.26. The van der Waals surface area contributed by atoms with Crippen molar-refractivity contribution in [1.82, 2.24) is 5.32 Å². The van der Waals surface area contributed by atoms with Crippen molar-refractivity contribution in [3.05, 3.63) is 63.6 Å². The van der Waals surface area contributed by atoms with Gasteiger partial charge in [-0.2, -0.15) is 0 Å². The topological polar surface area (TPSA) is 41.5 Å². The van der Waals surface area contributed by atoms with Crippen LogP contribution < -0.4 is 10.1 Å². The molecule has 112 valence electrons. The highest BCUT2D eigenvalue weighted by Crippen LogP contribution is 2.32. The van der Waals surface area contributed by atoms with Gasteiger partial charge in [-0.15, -0.1) is 0 Å². The number of aliphatic hydroxyl groups is 1. The molecule has 0 saturated heterocycles. The molecule has 1 atom stereocenters. The van der Waals surface area contributed by atoms with Crippen molar-refractivity contribution in [2.75, 3.05) is 13.6 Å². The fourth-order valence-corrected chi connectivity index (χ4v) is 2.87. The predicted molar refractivity (Wildman–Crippen MR) is 88.5 cm³/mol. The Balaban J connectivity index is 2.13. The normalized spacial score (nSPS) is 12.2. The van der Waals surface area contributed by atoms with Gasteiger partial charge in [0.25, 0.3) is 0 Å². The van der Waals surface area contributed by atoms with E-state index < -0.39 is 6.10 Å². The largest absolute Gasteiger partial charge is 0.487 e. The lowest BCUT2D eigenvalue weighted by molar-refractivity contribution is 0.177. The molecule has 2 aromatic rings. The first-order valence-corrected chi connectivity index (χ1v) is 7.70. The van der Waals surface area contributed by atoms with Gasteiger partial charge in [0.15, 0.2) is 0 Å². The standard InChI is InChI=1S/C17H20BrNO2/c1-12-8-14(16(20)10-19-2)9-15(18)17(12)21-11-13-6-4-3-5-7-13/h3-9,16,19-20H,10-11H2,1-2H3. The highest BCUT2D eigenvalue weighted by molar-refractivity contribution is 9.10. The number of hydrogen-bond donors (Lipinski definition) is 2. The maximum Gasteiger partial charge on any atom is 0.136 e. The minimum Gasteiger partial charge on any atom is -0.487 e. The van der Waals surface area contributed by atoms with Crippen molar-refractivity contribution in [3.63, 3.8) is 0 Å². The molecule has 0 bridgehead atoms. The molecule has 0 heterocycles. The lowest BCUT2D eigenvalue weighted by Crippen LogP contribution is -2.16. The molecular formula is C17H20BrNO2. The Morgan fingerprint density at radius 3 is 2.57 bits per heavy atom. The van der Waals surface area contributed by atoms with Crippen molar-refractivity contribution >= 4 is 15.9 Å². The van der Waals surface area contributed by atoms with E-state index in [-0.39, 0.29) is 0 Å². The number of nitrogens with one attached hydrogen (secondary N) is 1. The van der Waals surface area contributed by atoms with E-state index in [0.717, 1.165) is 26.9 Å². The van der Waals surface area contributed by atoms with Gasteiger partial charge < -0.3 is 15.2 Å². The first-order valence-electron chi connectivity index (χ1n) is 6.91. The Bertz CT molecular complexity index is 564. The van der Waals surface area contributed by atoms with Gasteiger partial charge in [-0.3, -0.25) is 0 Å². The van der Waals surface area contributed by atoms with Crippen molar-refractivity contribution < 1.29 is 9.84 Å². The van der Waals surface area contributed by atoms with Crippen LogP contribution in [0.15, 0.2) is 46.9 Å². The number of aryl methyl sites for hydroxylation is 1. The number of hydrogen-bond acceptors (Lipinski definition) is 3. The second-order valence-electron chi connectivity index (χ2n) is 5.00. The van der Waals surface area contributed by atoms with E-state index in [1.165, 1.54) is 0 Å². The Labute approximate surface area is 134 Å². The predicted octanol–water partition coefficient (Wildman–Crippen LogP) is 3.59. The molecule has 0 aliphatic carbocycles. The van der Waals surface area contributed by atoms with Gasteiger partial charge in [0.2, 0.25) is 0 Å². The van der Waals surface area contributed by atoms with E-state index in [0.29, 0.717) is 13.2 Å². The maximum atomic E-state index is 10.0. The third-order valence-corrected chi connectivity index (χ3v) is 3.85. The molecule has 0 fully saturated rings. The molecule has 0 radical (unpaired) electrons. The van der Waals surface area contributed by atoms with Crippen molar-refractivity contribution in [1.29, 1.82) is 0 Å². The molecule has 0 spiro atoms. The summed E-state index contributed by atoms with van der Waals surface area (Å²) in [6.45, 7) is 3.04. The second kappa shape index (κ2) is 7.59. The summed E-state index contributed by atoms with van der Waals surface area (Å²) in [5.74, 6) is 0.819. The van der Waals surface area contributed by atoms with Crippen LogP contribution in [0.4, 0.5) is 0 Å². The van der Waals surface area contributed by atoms with Gasteiger partial charge in [-0.05, 0) is 58.7 Å². The zero-order valence-electron chi connectivity index (χ0n) is 12.3. The molecule has 2 rings (SSSR count). The molecule has 0 aliphatic rings. The lowest BCUT2D eigenvalue weighted by atomic mass is 10.1. The highest BCUT2D eigenvalue weighted by Gasteiger charge is 2.13. The molecule has 0 saturated carbocycles. The summed E-state index contributed by atoms with van der Waals surface area (Å²) in [6.07, 6.45) is -0.520. The van der Waals surface area contributed by atoms with E-state index in [9.17, 15) is 5.11 Å². The van der Waals surface area contributed by atoms with Gasteiger partial charge >= 0.3 is 0 Å². The molecule has 2 aromatic carbocycles. The third kappa shape index (κ3) is 4.30. The van der Waals surface area contributed by atoms with Gasteiger partial charge in [0.05, 0.1) is 10.6 Å². The van der Waals surface area contributed by atoms with Crippen LogP contribution >= 0.6 is 15.9 Å². The molecule has 1 unspecified atom stereocenters. The van der Waals surface area contributed by atoms with Gasteiger partial charge in [0, 0.05) is 6.54 Å². The SMILES string of the molecule is CNCC(O)c1cc(C)c(OCc2ccccc2)c(Br)c1. The van der Waals surface area contributed by atoms with Gasteiger partial charge in [-0.25, -0.2) is 0 Å². The summed E-state index contributed by atoms with van der Waals surface area (Å²) in [7, 11) is 1.82. The minimum absolute atomic E-state index is 0.520. The van der Waals surface area contributed by atoms with Crippen LogP contribution in [0, 0.1) is 6.92 Å². The number of ether oxygens (including phenoxy) is 1. The molecule has 2 N–H and O–H groups in total. The van der Waals surface area contributed by atoms with Gasteiger partial charge in [-0.1, -0.05) is 30.3 Å². The Morgan fingerprint density at radius 2 is 1.95 bits per heavy atom. The molecule has 3 nitrogen and oxygen atoms in total.